The van der Waals surface area contributed by atoms with Crippen LogP contribution in [0.25, 0.3) is 17.4 Å². The fourth-order valence-corrected chi connectivity index (χ4v) is 4.14. The van der Waals surface area contributed by atoms with Crippen molar-refractivity contribution in [2.75, 3.05) is 5.32 Å². The Morgan fingerprint density at radius 3 is 2.66 bits per heavy atom. The van der Waals surface area contributed by atoms with Gasteiger partial charge in [-0.05, 0) is 42.0 Å². The molecule has 0 atom stereocenters. The van der Waals surface area contributed by atoms with E-state index in [9.17, 15) is 10.1 Å². The molecule has 1 amide bonds. The van der Waals surface area contributed by atoms with Crippen LogP contribution in [0.4, 0.5) is 5.13 Å². The number of aromatic nitrogens is 1. The molecule has 0 aliphatic carbocycles. The molecule has 0 unspecified atom stereocenters. The molecule has 0 aliphatic heterocycles. The van der Waals surface area contributed by atoms with Crippen LogP contribution in [0, 0.1) is 11.3 Å². The van der Waals surface area contributed by atoms with Gasteiger partial charge in [-0.2, -0.15) is 5.26 Å². The highest BCUT2D eigenvalue weighted by Crippen LogP contribution is 2.30. The number of nitrogens with zero attached hydrogens (tertiary/aromatic N) is 2. The minimum absolute atomic E-state index is 0.0977. The van der Waals surface area contributed by atoms with E-state index in [1.165, 1.54) is 17.4 Å². The van der Waals surface area contributed by atoms with Crippen molar-refractivity contribution >= 4 is 51.7 Å². The molecule has 8 heteroatoms. The quantitative estimate of drug-likeness (QED) is 0.242. The molecule has 0 spiro atoms. The highest BCUT2D eigenvalue weighted by molar-refractivity contribution is 7.15. The van der Waals surface area contributed by atoms with Crippen molar-refractivity contribution in [2.45, 2.75) is 6.42 Å². The number of halogens is 2. The smallest absolute Gasteiger partial charge is 0.268 e. The van der Waals surface area contributed by atoms with E-state index in [-0.39, 0.29) is 5.57 Å². The van der Waals surface area contributed by atoms with Crippen molar-refractivity contribution in [2.24, 2.45) is 0 Å². The molecular weight excluding hydrogens is 465 g/mol. The van der Waals surface area contributed by atoms with Gasteiger partial charge in [0.1, 0.15) is 23.2 Å². The standard InChI is InChI=1S/C24H15Cl2N3O2S/c25-17-7-5-15(6-8-17)11-19-14-28-24(32-19)29-23(30)16(13-27)12-18-9-10-22(31-18)20-3-1-2-4-21(20)26/h1-10,12,14H,11H2,(H,28,29,30)/b16-12-. The summed E-state index contributed by atoms with van der Waals surface area (Å²) < 4.78 is 5.75. The zero-order valence-corrected chi connectivity index (χ0v) is 18.8. The maximum Gasteiger partial charge on any atom is 0.268 e. The van der Waals surface area contributed by atoms with Crippen LogP contribution in [0.2, 0.25) is 10.0 Å². The minimum atomic E-state index is -0.560. The van der Waals surface area contributed by atoms with Crippen molar-refractivity contribution < 1.29 is 9.21 Å². The zero-order valence-electron chi connectivity index (χ0n) is 16.5. The van der Waals surface area contributed by atoms with Gasteiger partial charge in [-0.25, -0.2) is 4.98 Å². The van der Waals surface area contributed by atoms with Gasteiger partial charge < -0.3 is 4.42 Å². The van der Waals surface area contributed by atoms with Gasteiger partial charge in [0.05, 0.1) is 5.02 Å². The van der Waals surface area contributed by atoms with Crippen molar-refractivity contribution in [1.82, 2.24) is 4.98 Å². The van der Waals surface area contributed by atoms with Gasteiger partial charge in [-0.15, -0.1) is 11.3 Å². The lowest BCUT2D eigenvalue weighted by atomic mass is 10.1. The number of nitrogens with one attached hydrogen (secondary N) is 1. The number of benzene rings is 2. The molecule has 0 aliphatic rings. The minimum Gasteiger partial charge on any atom is -0.457 e. The van der Waals surface area contributed by atoms with Crippen LogP contribution < -0.4 is 5.32 Å². The number of anilines is 1. The first kappa shape index (κ1) is 21.8. The predicted molar refractivity (Wildman–Crippen MR) is 128 cm³/mol. The molecule has 2 aromatic heterocycles. The molecule has 0 fully saturated rings. The molecule has 4 rings (SSSR count). The maximum absolute atomic E-state index is 12.6. The molecule has 0 bridgehead atoms. The molecule has 5 nitrogen and oxygen atoms in total. The molecular formula is C24H15Cl2N3O2S. The lowest BCUT2D eigenvalue weighted by Crippen LogP contribution is -2.13. The summed E-state index contributed by atoms with van der Waals surface area (Å²) in [5.74, 6) is 0.357. The summed E-state index contributed by atoms with van der Waals surface area (Å²) in [6.07, 6.45) is 3.76. The fourth-order valence-electron chi connectivity index (χ4n) is 2.94. The highest BCUT2D eigenvalue weighted by atomic mass is 35.5. The van der Waals surface area contributed by atoms with Crippen LogP contribution in [-0.4, -0.2) is 10.9 Å². The van der Waals surface area contributed by atoms with Gasteiger partial charge in [0.15, 0.2) is 5.13 Å². The summed E-state index contributed by atoms with van der Waals surface area (Å²) in [6.45, 7) is 0. The first-order valence-corrected chi connectivity index (χ1v) is 11.1. The topological polar surface area (TPSA) is 78.9 Å². The second kappa shape index (κ2) is 9.84. The monoisotopic (exact) mass is 479 g/mol. The molecule has 2 heterocycles. The van der Waals surface area contributed by atoms with Crippen LogP contribution in [0.1, 0.15) is 16.2 Å². The first-order chi connectivity index (χ1) is 15.5. The van der Waals surface area contributed by atoms with E-state index < -0.39 is 5.91 Å². The van der Waals surface area contributed by atoms with Crippen LogP contribution in [0.15, 0.2) is 76.9 Å². The normalized spacial score (nSPS) is 11.2. The zero-order chi connectivity index (χ0) is 22.5. The third-order valence-electron chi connectivity index (χ3n) is 4.48. The largest absolute Gasteiger partial charge is 0.457 e. The summed E-state index contributed by atoms with van der Waals surface area (Å²) >= 11 is 13.5. The number of nitriles is 1. The Morgan fingerprint density at radius 2 is 1.91 bits per heavy atom. The van der Waals surface area contributed by atoms with Gasteiger partial charge in [0, 0.05) is 34.2 Å². The third-order valence-corrected chi connectivity index (χ3v) is 5.98. The Balaban J connectivity index is 1.45. The third kappa shape index (κ3) is 5.27. The Bertz CT molecular complexity index is 1330. The lowest BCUT2D eigenvalue weighted by Gasteiger charge is -2.00. The number of carbonyl (C=O) groups excluding carboxylic acids is 1. The first-order valence-electron chi connectivity index (χ1n) is 9.49. The number of hydrogen-bond acceptors (Lipinski definition) is 5. The number of carbonyl (C=O) groups is 1. The summed E-state index contributed by atoms with van der Waals surface area (Å²) in [4.78, 5) is 17.8. The van der Waals surface area contributed by atoms with E-state index in [0.717, 1.165) is 16.0 Å². The Morgan fingerprint density at radius 1 is 1.12 bits per heavy atom. The van der Waals surface area contributed by atoms with Crippen LogP contribution in [-0.2, 0) is 11.2 Å². The number of thiazole rings is 1. The summed E-state index contributed by atoms with van der Waals surface area (Å²) in [6, 6.07) is 20.1. The van der Waals surface area contributed by atoms with Gasteiger partial charge >= 0.3 is 0 Å². The second-order valence-electron chi connectivity index (χ2n) is 6.74. The predicted octanol–water partition coefficient (Wildman–Crippen LogP) is 6.85. The second-order valence-corrected chi connectivity index (χ2v) is 8.70. The number of furan rings is 1. The van der Waals surface area contributed by atoms with Crippen molar-refractivity contribution in [3.63, 3.8) is 0 Å². The summed E-state index contributed by atoms with van der Waals surface area (Å²) in [7, 11) is 0. The molecule has 158 valence electrons. The van der Waals surface area contributed by atoms with Gasteiger partial charge in [-0.3, -0.25) is 10.1 Å². The van der Waals surface area contributed by atoms with E-state index >= 15 is 0 Å². The highest BCUT2D eigenvalue weighted by Gasteiger charge is 2.14. The number of hydrogen-bond donors (Lipinski definition) is 1. The van der Waals surface area contributed by atoms with Gasteiger partial charge in [0.2, 0.25) is 0 Å². The van der Waals surface area contributed by atoms with Gasteiger partial charge in [-0.1, -0.05) is 47.5 Å². The van der Waals surface area contributed by atoms with E-state index in [2.05, 4.69) is 10.3 Å². The molecule has 0 saturated carbocycles. The number of amides is 1. The van der Waals surface area contributed by atoms with Crippen molar-refractivity contribution in [3.05, 3.63) is 98.7 Å². The Labute approximate surface area is 198 Å². The molecule has 32 heavy (non-hydrogen) atoms. The van der Waals surface area contributed by atoms with Crippen LogP contribution >= 0.6 is 34.5 Å². The summed E-state index contributed by atoms with van der Waals surface area (Å²) in [5, 5.41) is 13.8. The average molecular weight is 480 g/mol. The molecule has 0 radical (unpaired) electrons. The van der Waals surface area contributed by atoms with E-state index in [1.807, 2.05) is 48.5 Å². The Hall–Kier alpha value is -3.37. The molecule has 4 aromatic rings. The summed E-state index contributed by atoms with van der Waals surface area (Å²) in [5.41, 5.74) is 1.72. The van der Waals surface area contributed by atoms with Crippen LogP contribution in [0.3, 0.4) is 0 Å². The van der Waals surface area contributed by atoms with E-state index in [4.69, 9.17) is 27.6 Å². The lowest BCUT2D eigenvalue weighted by molar-refractivity contribution is -0.112. The Kier molecular flexibility index (Phi) is 6.72. The SMILES string of the molecule is N#C/C(=C/c1ccc(-c2ccccc2Cl)o1)C(=O)Nc1ncc(Cc2ccc(Cl)cc2)s1. The van der Waals surface area contributed by atoms with E-state index in [1.54, 1.807) is 24.4 Å². The fraction of sp³-hybridized carbons (Fsp3) is 0.0417. The molecule has 2 aromatic carbocycles. The molecule has 0 saturated heterocycles. The average Bonchev–Trinajstić information content (AvgIpc) is 3.43. The number of rotatable bonds is 6. The van der Waals surface area contributed by atoms with Crippen molar-refractivity contribution in [3.8, 4) is 17.4 Å². The molecule has 1 N–H and O–H groups in total. The van der Waals surface area contributed by atoms with Crippen molar-refractivity contribution in [1.29, 1.82) is 5.26 Å². The van der Waals surface area contributed by atoms with Gasteiger partial charge in [0.25, 0.3) is 5.91 Å². The van der Waals surface area contributed by atoms with Crippen LogP contribution in [0.5, 0.6) is 0 Å². The maximum atomic E-state index is 12.6. The van der Waals surface area contributed by atoms with E-state index in [0.29, 0.717) is 33.1 Å².